The van der Waals surface area contributed by atoms with Crippen LogP contribution in [-0.2, 0) is 10.9 Å². The number of hydrogen-bond acceptors (Lipinski definition) is 5. The summed E-state index contributed by atoms with van der Waals surface area (Å²) >= 11 is 0. The predicted octanol–water partition coefficient (Wildman–Crippen LogP) is 4.59. The molecule has 35 heavy (non-hydrogen) atoms. The summed E-state index contributed by atoms with van der Waals surface area (Å²) in [7, 11) is 1.57. The minimum absolute atomic E-state index is 0.0370. The fourth-order valence-corrected chi connectivity index (χ4v) is 5.18. The van der Waals surface area contributed by atoms with Gasteiger partial charge < -0.3 is 19.3 Å². The molecule has 2 aliphatic heterocycles. The Labute approximate surface area is 202 Å². The molecule has 0 aromatic heterocycles. The standard InChI is InChI=1S/C26H28F3N3O3/c1-3-35-17-25-10-11-31(24(33)18-5-8-22(34-2)9-6-18)14-20(25)15-32(16-25)21-7-4-19(13-30)23(12-21)26(27,28)29/h4-9,12,20H,3,10-11,14-17H2,1-2H3/t20-,25+/m1/s1. The van der Waals surface area contributed by atoms with Crippen LogP contribution >= 0.6 is 0 Å². The Morgan fingerprint density at radius 1 is 1.20 bits per heavy atom. The van der Waals surface area contributed by atoms with Crippen molar-refractivity contribution in [2.24, 2.45) is 11.3 Å². The topological polar surface area (TPSA) is 65.8 Å². The van der Waals surface area contributed by atoms with Crippen LogP contribution in [0, 0.1) is 22.7 Å². The molecule has 186 valence electrons. The van der Waals surface area contributed by atoms with Gasteiger partial charge in [0.15, 0.2) is 0 Å². The number of anilines is 1. The summed E-state index contributed by atoms with van der Waals surface area (Å²) in [6.07, 6.45) is -3.92. The van der Waals surface area contributed by atoms with Crippen LogP contribution in [0.5, 0.6) is 5.75 Å². The molecule has 0 saturated carbocycles. The summed E-state index contributed by atoms with van der Waals surface area (Å²) in [5.74, 6) is 0.631. The van der Waals surface area contributed by atoms with Crippen molar-refractivity contribution in [3.8, 4) is 11.8 Å². The number of ether oxygens (including phenoxy) is 2. The van der Waals surface area contributed by atoms with Gasteiger partial charge in [0.1, 0.15) is 5.75 Å². The molecule has 2 aromatic carbocycles. The number of piperidine rings is 1. The van der Waals surface area contributed by atoms with Gasteiger partial charge in [0.05, 0.1) is 30.9 Å². The van der Waals surface area contributed by atoms with E-state index in [1.807, 2.05) is 16.7 Å². The molecule has 9 heteroatoms. The van der Waals surface area contributed by atoms with E-state index in [9.17, 15) is 18.0 Å². The smallest absolute Gasteiger partial charge is 0.417 e. The van der Waals surface area contributed by atoms with Gasteiger partial charge in [-0.2, -0.15) is 18.4 Å². The van der Waals surface area contributed by atoms with Crippen molar-refractivity contribution >= 4 is 11.6 Å². The van der Waals surface area contributed by atoms with Gasteiger partial charge in [-0.1, -0.05) is 0 Å². The van der Waals surface area contributed by atoms with E-state index in [0.29, 0.717) is 62.8 Å². The molecule has 2 fully saturated rings. The van der Waals surface area contributed by atoms with Crippen molar-refractivity contribution in [1.29, 1.82) is 5.26 Å². The Bertz CT molecular complexity index is 1110. The van der Waals surface area contributed by atoms with Crippen LogP contribution in [0.3, 0.4) is 0 Å². The van der Waals surface area contributed by atoms with Gasteiger partial charge in [-0.25, -0.2) is 0 Å². The monoisotopic (exact) mass is 487 g/mol. The zero-order valence-corrected chi connectivity index (χ0v) is 19.8. The lowest BCUT2D eigenvalue weighted by molar-refractivity contribution is -0.137. The normalized spacial score (nSPS) is 22.0. The SMILES string of the molecule is CCOC[C@@]12CCN(C(=O)c3ccc(OC)cc3)C[C@@H]1CN(c1ccc(C#N)c(C(F)(F)F)c1)C2. The summed E-state index contributed by atoms with van der Waals surface area (Å²) in [6.45, 7) is 5.01. The number of amides is 1. The van der Waals surface area contributed by atoms with Crippen LogP contribution in [0.4, 0.5) is 18.9 Å². The second-order valence-corrected chi connectivity index (χ2v) is 9.15. The van der Waals surface area contributed by atoms with Crippen LogP contribution in [-0.4, -0.2) is 57.3 Å². The third kappa shape index (κ3) is 4.94. The second kappa shape index (κ2) is 9.78. The number of halogens is 3. The number of carbonyl (C=O) groups excluding carboxylic acids is 1. The van der Waals surface area contributed by atoms with Crippen molar-refractivity contribution in [1.82, 2.24) is 4.90 Å². The maximum absolute atomic E-state index is 13.5. The molecule has 2 aromatic rings. The van der Waals surface area contributed by atoms with Crippen molar-refractivity contribution < 1.29 is 27.4 Å². The summed E-state index contributed by atoms with van der Waals surface area (Å²) in [5.41, 5.74) is -0.589. The largest absolute Gasteiger partial charge is 0.497 e. The Kier molecular flexibility index (Phi) is 6.95. The number of hydrogen-bond donors (Lipinski definition) is 0. The molecule has 2 heterocycles. The maximum atomic E-state index is 13.5. The maximum Gasteiger partial charge on any atom is 0.417 e. The van der Waals surface area contributed by atoms with Gasteiger partial charge >= 0.3 is 6.18 Å². The summed E-state index contributed by atoms with van der Waals surface area (Å²) < 4.78 is 51.6. The first-order chi connectivity index (χ1) is 16.7. The van der Waals surface area contributed by atoms with Gasteiger partial charge in [0.2, 0.25) is 0 Å². The number of benzene rings is 2. The summed E-state index contributed by atoms with van der Waals surface area (Å²) in [6, 6.07) is 12.5. The molecule has 1 amide bonds. The molecule has 4 rings (SSSR count). The first-order valence-electron chi connectivity index (χ1n) is 11.6. The molecular formula is C26H28F3N3O3. The lowest BCUT2D eigenvalue weighted by Crippen LogP contribution is -2.51. The van der Waals surface area contributed by atoms with E-state index in [1.165, 1.54) is 6.07 Å². The summed E-state index contributed by atoms with van der Waals surface area (Å²) in [4.78, 5) is 16.9. The van der Waals surface area contributed by atoms with Crippen molar-refractivity contribution in [3.05, 3.63) is 59.2 Å². The van der Waals surface area contributed by atoms with E-state index in [0.717, 1.165) is 6.07 Å². The van der Waals surface area contributed by atoms with Crippen LogP contribution in [0.2, 0.25) is 0 Å². The van der Waals surface area contributed by atoms with Crippen molar-refractivity contribution in [2.45, 2.75) is 19.5 Å². The first kappa shape index (κ1) is 24.9. The van der Waals surface area contributed by atoms with Gasteiger partial charge in [0.25, 0.3) is 5.91 Å². The highest BCUT2D eigenvalue weighted by Gasteiger charge is 2.50. The molecule has 0 unspecified atom stereocenters. The molecule has 0 spiro atoms. The van der Waals surface area contributed by atoms with Gasteiger partial charge in [-0.3, -0.25) is 4.79 Å². The fraction of sp³-hybridized carbons (Fsp3) is 0.462. The molecule has 2 saturated heterocycles. The van der Waals surface area contributed by atoms with Gasteiger partial charge in [0, 0.05) is 55.4 Å². The van der Waals surface area contributed by atoms with E-state index < -0.39 is 17.3 Å². The van der Waals surface area contributed by atoms with Crippen LogP contribution in [0.1, 0.15) is 34.8 Å². The lowest BCUT2D eigenvalue weighted by atomic mass is 9.73. The van der Waals surface area contributed by atoms with Crippen LogP contribution in [0.25, 0.3) is 0 Å². The quantitative estimate of drug-likeness (QED) is 0.596. The highest BCUT2D eigenvalue weighted by Crippen LogP contribution is 2.46. The number of methoxy groups -OCH3 is 1. The molecule has 0 N–H and O–H groups in total. The molecule has 2 aliphatic rings. The highest BCUT2D eigenvalue weighted by molar-refractivity contribution is 5.94. The Balaban J connectivity index is 1.58. The Morgan fingerprint density at radius 2 is 1.94 bits per heavy atom. The average Bonchev–Trinajstić information content (AvgIpc) is 3.25. The zero-order valence-electron chi connectivity index (χ0n) is 19.8. The number of carbonyl (C=O) groups is 1. The molecule has 6 nitrogen and oxygen atoms in total. The number of nitriles is 1. The minimum atomic E-state index is -4.61. The van der Waals surface area contributed by atoms with Crippen molar-refractivity contribution in [2.75, 3.05) is 51.4 Å². The number of alkyl halides is 3. The highest BCUT2D eigenvalue weighted by atomic mass is 19.4. The van der Waals surface area contributed by atoms with Gasteiger partial charge in [-0.15, -0.1) is 0 Å². The third-order valence-electron chi connectivity index (χ3n) is 7.14. The lowest BCUT2D eigenvalue weighted by Gasteiger charge is -2.43. The Morgan fingerprint density at radius 3 is 2.57 bits per heavy atom. The molecular weight excluding hydrogens is 459 g/mol. The number of fused-ring (bicyclic) bond motifs is 1. The van der Waals surface area contributed by atoms with E-state index in [-0.39, 0.29) is 17.2 Å². The molecule has 0 radical (unpaired) electrons. The number of rotatable bonds is 6. The predicted molar refractivity (Wildman–Crippen MR) is 124 cm³/mol. The van der Waals surface area contributed by atoms with E-state index in [1.54, 1.807) is 43.5 Å². The minimum Gasteiger partial charge on any atom is -0.497 e. The number of likely N-dealkylation sites (tertiary alicyclic amines) is 1. The van der Waals surface area contributed by atoms with Crippen molar-refractivity contribution in [3.63, 3.8) is 0 Å². The fourth-order valence-electron chi connectivity index (χ4n) is 5.18. The van der Waals surface area contributed by atoms with Crippen LogP contribution in [0.15, 0.2) is 42.5 Å². The number of nitrogens with zero attached hydrogens (tertiary/aromatic N) is 3. The zero-order chi connectivity index (χ0) is 25.2. The van der Waals surface area contributed by atoms with Gasteiger partial charge in [-0.05, 0) is 55.8 Å². The Hall–Kier alpha value is -3.25. The van der Waals surface area contributed by atoms with E-state index >= 15 is 0 Å². The summed E-state index contributed by atoms with van der Waals surface area (Å²) in [5, 5.41) is 9.12. The van der Waals surface area contributed by atoms with E-state index in [4.69, 9.17) is 14.7 Å². The van der Waals surface area contributed by atoms with E-state index in [2.05, 4.69) is 0 Å². The molecule has 0 bridgehead atoms. The third-order valence-corrected chi connectivity index (χ3v) is 7.14. The molecule has 2 atom stereocenters. The average molecular weight is 488 g/mol. The first-order valence-corrected chi connectivity index (χ1v) is 11.6. The van der Waals surface area contributed by atoms with Crippen LogP contribution < -0.4 is 9.64 Å². The second-order valence-electron chi connectivity index (χ2n) is 9.15. The molecule has 0 aliphatic carbocycles.